The molecule has 3 nitrogen and oxygen atoms in total. The summed E-state index contributed by atoms with van der Waals surface area (Å²) in [6.07, 6.45) is 1.35. The minimum atomic E-state index is -0.347. The normalized spacial score (nSPS) is 25.8. The van der Waals surface area contributed by atoms with Crippen LogP contribution < -0.4 is 0 Å². The molecule has 1 fully saturated rings. The van der Waals surface area contributed by atoms with Crippen LogP contribution in [0.15, 0.2) is 0 Å². The van der Waals surface area contributed by atoms with Gasteiger partial charge in [-0.15, -0.1) is 11.6 Å². The van der Waals surface area contributed by atoms with Gasteiger partial charge in [-0.1, -0.05) is 6.92 Å². The number of alkyl halides is 1. The van der Waals surface area contributed by atoms with Gasteiger partial charge >= 0.3 is 0 Å². The molecule has 0 bridgehead atoms. The maximum atomic E-state index is 11.6. The number of nitrogens with zero attached hydrogens (tertiary/aromatic N) is 1. The highest BCUT2D eigenvalue weighted by molar-refractivity contribution is 6.19. The Kier molecular flexibility index (Phi) is 4.00. The van der Waals surface area contributed by atoms with Crippen LogP contribution in [0.25, 0.3) is 0 Å². The van der Waals surface area contributed by atoms with Crippen molar-refractivity contribution in [3.63, 3.8) is 0 Å². The Morgan fingerprint density at radius 2 is 2.46 bits per heavy atom. The van der Waals surface area contributed by atoms with E-state index in [9.17, 15) is 9.90 Å². The summed E-state index contributed by atoms with van der Waals surface area (Å²) in [7, 11) is 0. The molecule has 0 radical (unpaired) electrons. The molecule has 1 heterocycles. The van der Waals surface area contributed by atoms with Crippen LogP contribution in [0.3, 0.4) is 0 Å². The molecule has 0 saturated carbocycles. The number of β-amino-alcohol motifs (C(OH)–C–C–N with tert-alkyl or cyclic N) is 1. The van der Waals surface area contributed by atoms with Gasteiger partial charge in [-0.2, -0.15) is 0 Å². The van der Waals surface area contributed by atoms with E-state index in [0.29, 0.717) is 12.4 Å². The van der Waals surface area contributed by atoms with Gasteiger partial charge in [0.05, 0.1) is 6.10 Å². The summed E-state index contributed by atoms with van der Waals surface area (Å²) in [5, 5.41) is 9.36. The lowest BCUT2D eigenvalue weighted by Crippen LogP contribution is -2.44. The first-order chi connectivity index (χ1) is 6.15. The molecule has 76 valence electrons. The van der Waals surface area contributed by atoms with Crippen molar-refractivity contribution < 1.29 is 9.90 Å². The van der Waals surface area contributed by atoms with Gasteiger partial charge in [-0.3, -0.25) is 4.79 Å². The highest BCUT2D eigenvalue weighted by Crippen LogP contribution is 2.13. The molecule has 4 heteroatoms. The number of aliphatic hydroxyl groups is 1. The van der Waals surface area contributed by atoms with Crippen molar-refractivity contribution in [2.75, 3.05) is 19.0 Å². The van der Waals surface area contributed by atoms with Crippen molar-refractivity contribution in [2.45, 2.75) is 25.9 Å². The largest absolute Gasteiger partial charge is 0.391 e. The molecule has 2 atom stereocenters. The predicted octanol–water partition coefficient (Wildman–Crippen LogP) is 0.845. The van der Waals surface area contributed by atoms with E-state index in [1.807, 2.05) is 6.92 Å². The van der Waals surface area contributed by atoms with Crippen molar-refractivity contribution in [2.24, 2.45) is 5.92 Å². The fourth-order valence-electron chi connectivity index (χ4n) is 1.53. The van der Waals surface area contributed by atoms with Crippen LogP contribution in [0.1, 0.15) is 19.8 Å². The first kappa shape index (κ1) is 10.8. The third-order valence-corrected chi connectivity index (χ3v) is 2.82. The van der Waals surface area contributed by atoms with E-state index < -0.39 is 0 Å². The van der Waals surface area contributed by atoms with Gasteiger partial charge in [0.1, 0.15) is 0 Å². The quantitative estimate of drug-likeness (QED) is 0.679. The topological polar surface area (TPSA) is 40.5 Å². The molecular weight excluding hydrogens is 190 g/mol. The zero-order chi connectivity index (χ0) is 9.84. The standard InChI is InChI=1S/C9H16ClNO2/c1-7(5-10)9(13)11-4-2-3-8(12)6-11/h7-8,12H,2-6H2,1H3. The number of hydrogen-bond donors (Lipinski definition) is 1. The summed E-state index contributed by atoms with van der Waals surface area (Å²) in [6.45, 7) is 3.05. The fourth-order valence-corrected chi connectivity index (χ4v) is 1.66. The van der Waals surface area contributed by atoms with Crippen LogP contribution in [0.5, 0.6) is 0 Å². The molecule has 0 aliphatic carbocycles. The van der Waals surface area contributed by atoms with Gasteiger partial charge < -0.3 is 10.0 Å². The number of likely N-dealkylation sites (tertiary alicyclic amines) is 1. The minimum Gasteiger partial charge on any atom is -0.391 e. The van der Waals surface area contributed by atoms with Gasteiger partial charge in [0.2, 0.25) is 5.91 Å². The van der Waals surface area contributed by atoms with Gasteiger partial charge in [-0.25, -0.2) is 0 Å². The molecule has 1 N–H and O–H groups in total. The van der Waals surface area contributed by atoms with Crippen molar-refractivity contribution >= 4 is 17.5 Å². The molecule has 1 saturated heterocycles. The van der Waals surface area contributed by atoms with Gasteiger partial charge in [-0.05, 0) is 12.8 Å². The summed E-state index contributed by atoms with van der Waals surface area (Å²) in [4.78, 5) is 13.3. The summed E-state index contributed by atoms with van der Waals surface area (Å²) in [5.74, 6) is 0.284. The maximum absolute atomic E-state index is 11.6. The Labute approximate surface area is 83.7 Å². The van der Waals surface area contributed by atoms with E-state index >= 15 is 0 Å². The van der Waals surface area contributed by atoms with E-state index in [-0.39, 0.29) is 17.9 Å². The first-order valence-electron chi connectivity index (χ1n) is 4.68. The molecule has 1 amide bonds. The van der Waals surface area contributed by atoms with Gasteiger partial charge in [0.25, 0.3) is 0 Å². The molecule has 1 aliphatic rings. The molecular formula is C9H16ClNO2. The van der Waals surface area contributed by atoms with Crippen molar-refractivity contribution in [1.29, 1.82) is 0 Å². The Morgan fingerprint density at radius 3 is 3.00 bits per heavy atom. The molecule has 2 unspecified atom stereocenters. The number of rotatable bonds is 2. The van der Waals surface area contributed by atoms with Crippen LogP contribution in [0.2, 0.25) is 0 Å². The molecule has 0 aromatic rings. The minimum absolute atomic E-state index is 0.0637. The molecule has 0 spiro atoms. The lowest BCUT2D eigenvalue weighted by molar-refractivity contribution is -0.137. The summed E-state index contributed by atoms with van der Waals surface area (Å²) in [6, 6.07) is 0. The number of halogens is 1. The number of piperidine rings is 1. The Bertz CT molecular complexity index is 186. The van der Waals surface area contributed by atoms with E-state index in [2.05, 4.69) is 0 Å². The molecule has 13 heavy (non-hydrogen) atoms. The van der Waals surface area contributed by atoms with E-state index in [1.54, 1.807) is 4.90 Å². The second kappa shape index (κ2) is 4.82. The monoisotopic (exact) mass is 205 g/mol. The van der Waals surface area contributed by atoms with Crippen LogP contribution in [0, 0.1) is 5.92 Å². The van der Waals surface area contributed by atoms with Crippen molar-refractivity contribution in [3.8, 4) is 0 Å². The zero-order valence-electron chi connectivity index (χ0n) is 7.87. The predicted molar refractivity (Wildman–Crippen MR) is 51.7 cm³/mol. The van der Waals surface area contributed by atoms with Crippen LogP contribution in [-0.4, -0.2) is 41.0 Å². The molecule has 0 aromatic heterocycles. The number of carbonyl (C=O) groups is 1. The Hall–Kier alpha value is -0.280. The highest BCUT2D eigenvalue weighted by atomic mass is 35.5. The molecule has 0 aromatic carbocycles. The summed E-state index contributed by atoms with van der Waals surface area (Å²) >= 11 is 5.59. The van der Waals surface area contributed by atoms with E-state index in [4.69, 9.17) is 11.6 Å². The summed E-state index contributed by atoms with van der Waals surface area (Å²) < 4.78 is 0. The number of aliphatic hydroxyl groups excluding tert-OH is 1. The average molecular weight is 206 g/mol. The first-order valence-corrected chi connectivity index (χ1v) is 5.21. The van der Waals surface area contributed by atoms with Crippen LogP contribution in [-0.2, 0) is 4.79 Å². The van der Waals surface area contributed by atoms with Crippen molar-refractivity contribution in [1.82, 2.24) is 4.90 Å². The average Bonchev–Trinajstić information content (AvgIpc) is 2.15. The van der Waals surface area contributed by atoms with Crippen LogP contribution >= 0.6 is 11.6 Å². The van der Waals surface area contributed by atoms with Crippen molar-refractivity contribution in [3.05, 3.63) is 0 Å². The van der Waals surface area contributed by atoms with Gasteiger partial charge in [0, 0.05) is 24.9 Å². The highest BCUT2D eigenvalue weighted by Gasteiger charge is 2.24. The molecule has 1 rings (SSSR count). The smallest absolute Gasteiger partial charge is 0.226 e. The van der Waals surface area contributed by atoms with Gasteiger partial charge in [0.15, 0.2) is 0 Å². The fraction of sp³-hybridized carbons (Fsp3) is 0.889. The van der Waals surface area contributed by atoms with E-state index in [0.717, 1.165) is 19.4 Å². The third kappa shape index (κ3) is 2.85. The second-order valence-corrected chi connectivity index (χ2v) is 3.94. The zero-order valence-corrected chi connectivity index (χ0v) is 8.63. The van der Waals surface area contributed by atoms with E-state index in [1.165, 1.54) is 0 Å². The molecule has 1 aliphatic heterocycles. The van der Waals surface area contributed by atoms with Crippen LogP contribution in [0.4, 0.5) is 0 Å². The lowest BCUT2D eigenvalue weighted by Gasteiger charge is -2.31. The Morgan fingerprint density at radius 1 is 1.77 bits per heavy atom. The lowest BCUT2D eigenvalue weighted by atomic mass is 10.1. The number of amides is 1. The second-order valence-electron chi connectivity index (χ2n) is 3.64. The third-order valence-electron chi connectivity index (χ3n) is 2.36. The number of hydrogen-bond acceptors (Lipinski definition) is 2. The number of carbonyl (C=O) groups excluding carboxylic acids is 1. The summed E-state index contributed by atoms with van der Waals surface area (Å²) in [5.41, 5.74) is 0. The maximum Gasteiger partial charge on any atom is 0.226 e. The SMILES string of the molecule is CC(CCl)C(=O)N1CCCC(O)C1. The Balaban J connectivity index is 2.46.